The number of unbranched alkanes of at least 4 members (excludes halogenated alkanes) is 1. The topological polar surface area (TPSA) is 103 Å². The zero-order valence-electron chi connectivity index (χ0n) is 18.7. The molecule has 0 saturated heterocycles. The first-order valence-electron chi connectivity index (χ1n) is 11.5. The number of para-hydroxylation sites is 1. The molecule has 0 radical (unpaired) electrons. The van der Waals surface area contributed by atoms with E-state index in [9.17, 15) is 14.4 Å². The Balaban J connectivity index is 1.44. The summed E-state index contributed by atoms with van der Waals surface area (Å²) in [6, 6.07) is 8.14. The van der Waals surface area contributed by atoms with E-state index in [4.69, 9.17) is 4.74 Å². The smallest absolute Gasteiger partial charge is 0.340 e. The Morgan fingerprint density at radius 2 is 2.00 bits per heavy atom. The Kier molecular flexibility index (Phi) is 7.49. The van der Waals surface area contributed by atoms with E-state index in [-0.39, 0.29) is 29.6 Å². The highest BCUT2D eigenvalue weighted by Gasteiger charge is 2.23. The lowest BCUT2D eigenvalue weighted by atomic mass is 9.88. The van der Waals surface area contributed by atoms with Crippen molar-refractivity contribution in [1.29, 1.82) is 0 Å². The molecule has 4 rings (SSSR count). The summed E-state index contributed by atoms with van der Waals surface area (Å²) in [5.74, 6) is -0.656. The molecular formula is C24H28N4O4S. The summed E-state index contributed by atoms with van der Waals surface area (Å²) in [5, 5.41) is 8.08. The second-order valence-electron chi connectivity index (χ2n) is 8.33. The molecule has 1 saturated carbocycles. The third kappa shape index (κ3) is 5.65. The fourth-order valence-electron chi connectivity index (χ4n) is 3.99. The van der Waals surface area contributed by atoms with E-state index in [1.54, 1.807) is 24.3 Å². The zero-order chi connectivity index (χ0) is 23.2. The highest BCUT2D eigenvalue weighted by atomic mass is 32.1. The molecule has 1 aliphatic carbocycles. The number of fused-ring (bicyclic) bond motifs is 1. The van der Waals surface area contributed by atoms with E-state index in [0.717, 1.165) is 56.4 Å². The number of esters is 1. The maximum atomic E-state index is 12.8. The van der Waals surface area contributed by atoms with Crippen LogP contribution in [-0.2, 0) is 22.6 Å². The number of aromatic nitrogens is 3. The van der Waals surface area contributed by atoms with Crippen LogP contribution in [0.25, 0.3) is 4.96 Å². The number of rotatable bonds is 8. The van der Waals surface area contributed by atoms with E-state index in [1.165, 1.54) is 21.9 Å². The van der Waals surface area contributed by atoms with Crippen LogP contribution in [0.5, 0.6) is 0 Å². The number of benzene rings is 1. The van der Waals surface area contributed by atoms with Gasteiger partial charge in [0.2, 0.25) is 10.9 Å². The molecule has 174 valence electrons. The molecule has 9 heteroatoms. The maximum Gasteiger partial charge on any atom is 0.340 e. The van der Waals surface area contributed by atoms with Crippen molar-refractivity contribution in [2.75, 3.05) is 5.32 Å². The Bertz CT molecular complexity index is 1200. The molecule has 2 aromatic heterocycles. The fourth-order valence-corrected chi connectivity index (χ4v) is 4.95. The number of hydrogen-bond acceptors (Lipinski definition) is 7. The van der Waals surface area contributed by atoms with Crippen LogP contribution in [0.1, 0.15) is 72.9 Å². The van der Waals surface area contributed by atoms with Crippen LogP contribution in [-0.4, -0.2) is 26.5 Å². The van der Waals surface area contributed by atoms with Gasteiger partial charge in [-0.05, 0) is 31.4 Å². The van der Waals surface area contributed by atoms with Crippen molar-refractivity contribution in [3.8, 4) is 0 Å². The summed E-state index contributed by atoms with van der Waals surface area (Å²) in [4.78, 5) is 42.7. The third-order valence-electron chi connectivity index (χ3n) is 5.82. The average Bonchev–Trinajstić information content (AvgIpc) is 3.25. The summed E-state index contributed by atoms with van der Waals surface area (Å²) in [5.41, 5.74) is 0.775. The molecule has 0 atom stereocenters. The lowest BCUT2D eigenvalue weighted by Gasteiger charge is -2.21. The third-order valence-corrected chi connectivity index (χ3v) is 6.78. The molecular weight excluding hydrogens is 440 g/mol. The summed E-state index contributed by atoms with van der Waals surface area (Å²) in [6.07, 6.45) is 7.87. The molecule has 8 nitrogen and oxygen atoms in total. The van der Waals surface area contributed by atoms with Crippen molar-refractivity contribution >= 4 is 33.9 Å². The van der Waals surface area contributed by atoms with Gasteiger partial charge in [0.05, 0.1) is 16.9 Å². The molecule has 1 aromatic carbocycles. The van der Waals surface area contributed by atoms with Crippen molar-refractivity contribution in [3.63, 3.8) is 0 Å². The van der Waals surface area contributed by atoms with Crippen LogP contribution in [0.15, 0.2) is 35.1 Å². The van der Waals surface area contributed by atoms with Crippen LogP contribution in [0.4, 0.5) is 5.69 Å². The van der Waals surface area contributed by atoms with E-state index in [1.807, 2.05) is 0 Å². The molecule has 1 amide bonds. The molecule has 2 heterocycles. The van der Waals surface area contributed by atoms with Gasteiger partial charge in [0.15, 0.2) is 0 Å². The highest BCUT2D eigenvalue weighted by Crippen LogP contribution is 2.26. The van der Waals surface area contributed by atoms with Gasteiger partial charge in [-0.15, -0.1) is 0 Å². The first kappa shape index (κ1) is 23.1. The molecule has 33 heavy (non-hydrogen) atoms. The van der Waals surface area contributed by atoms with Gasteiger partial charge in [0.25, 0.3) is 5.56 Å². The van der Waals surface area contributed by atoms with Gasteiger partial charge in [-0.3, -0.25) is 9.59 Å². The number of nitrogens with one attached hydrogen (secondary N) is 1. The monoisotopic (exact) mass is 468 g/mol. The molecule has 0 bridgehead atoms. The van der Waals surface area contributed by atoms with Gasteiger partial charge in [-0.1, -0.05) is 56.1 Å². The number of ether oxygens (including phenoxy) is 1. The van der Waals surface area contributed by atoms with Gasteiger partial charge in [-0.25, -0.2) is 9.78 Å². The first-order valence-corrected chi connectivity index (χ1v) is 12.3. The fraction of sp³-hybridized carbons (Fsp3) is 0.458. The number of hydrogen-bond donors (Lipinski definition) is 1. The summed E-state index contributed by atoms with van der Waals surface area (Å²) >= 11 is 1.37. The van der Waals surface area contributed by atoms with Crippen LogP contribution in [0.2, 0.25) is 0 Å². The van der Waals surface area contributed by atoms with E-state index >= 15 is 0 Å². The van der Waals surface area contributed by atoms with Crippen molar-refractivity contribution in [2.45, 2.75) is 64.9 Å². The predicted molar refractivity (Wildman–Crippen MR) is 127 cm³/mol. The normalized spacial score (nSPS) is 14.3. The second-order valence-corrected chi connectivity index (χ2v) is 9.37. The lowest BCUT2D eigenvalue weighted by molar-refractivity contribution is -0.120. The molecule has 1 N–H and O–H groups in total. The largest absolute Gasteiger partial charge is 0.456 e. The van der Waals surface area contributed by atoms with Crippen LogP contribution in [0, 0.1) is 5.92 Å². The number of nitrogens with zero attached hydrogens (tertiary/aromatic N) is 3. The minimum Gasteiger partial charge on any atom is -0.456 e. The van der Waals surface area contributed by atoms with Crippen molar-refractivity contribution < 1.29 is 14.3 Å². The Hall–Kier alpha value is -3.07. The summed E-state index contributed by atoms with van der Waals surface area (Å²) in [6.45, 7) is 1.96. The van der Waals surface area contributed by atoms with Gasteiger partial charge < -0.3 is 10.1 Å². The van der Waals surface area contributed by atoms with Gasteiger partial charge >= 0.3 is 5.97 Å². The minimum absolute atomic E-state index is 0.0200. The standard InChI is InChI=1S/C24H28N4O4S/c1-2-3-13-20-27-28-21(29)14-17(25-24(28)33-20)15-32-23(31)18-11-7-8-12-19(18)26-22(30)16-9-5-4-6-10-16/h7-8,11-12,14,16H,2-6,9-10,13,15H2,1H3,(H,26,30). The molecule has 0 spiro atoms. The number of carbonyl (C=O) groups excluding carboxylic acids is 2. The zero-order valence-corrected chi connectivity index (χ0v) is 19.5. The summed E-state index contributed by atoms with van der Waals surface area (Å²) in [7, 11) is 0. The minimum atomic E-state index is -0.579. The van der Waals surface area contributed by atoms with Crippen molar-refractivity contribution in [3.05, 3.63) is 57.0 Å². The van der Waals surface area contributed by atoms with Crippen molar-refractivity contribution in [1.82, 2.24) is 14.6 Å². The lowest BCUT2D eigenvalue weighted by Crippen LogP contribution is -2.25. The summed E-state index contributed by atoms with van der Waals surface area (Å²) < 4.78 is 6.73. The van der Waals surface area contributed by atoms with E-state index in [0.29, 0.717) is 16.3 Å². The Morgan fingerprint density at radius 3 is 2.79 bits per heavy atom. The predicted octanol–water partition coefficient (Wildman–Crippen LogP) is 4.37. The van der Waals surface area contributed by atoms with Crippen molar-refractivity contribution in [2.24, 2.45) is 5.92 Å². The number of carbonyl (C=O) groups is 2. The van der Waals surface area contributed by atoms with E-state index < -0.39 is 5.97 Å². The SMILES string of the molecule is CCCCc1nn2c(=O)cc(COC(=O)c3ccccc3NC(=O)C3CCCCC3)nc2s1. The van der Waals surface area contributed by atoms with Crippen LogP contribution in [0.3, 0.4) is 0 Å². The number of amides is 1. The molecule has 3 aromatic rings. The molecule has 0 aliphatic heterocycles. The Morgan fingerprint density at radius 1 is 1.21 bits per heavy atom. The second kappa shape index (κ2) is 10.7. The van der Waals surface area contributed by atoms with E-state index in [2.05, 4.69) is 22.3 Å². The van der Waals surface area contributed by atoms with Crippen LogP contribution < -0.4 is 10.9 Å². The Labute approximate surface area is 196 Å². The first-order chi connectivity index (χ1) is 16.0. The molecule has 0 unspecified atom stereocenters. The quantitative estimate of drug-likeness (QED) is 0.493. The molecule has 1 fully saturated rings. The highest BCUT2D eigenvalue weighted by molar-refractivity contribution is 7.16. The van der Waals surface area contributed by atoms with Crippen LogP contribution >= 0.6 is 11.3 Å². The average molecular weight is 469 g/mol. The van der Waals surface area contributed by atoms with Gasteiger partial charge in [-0.2, -0.15) is 9.61 Å². The van der Waals surface area contributed by atoms with Gasteiger partial charge in [0.1, 0.15) is 11.6 Å². The maximum absolute atomic E-state index is 12.8. The number of anilines is 1. The number of aryl methyl sites for hydroxylation is 1. The van der Waals surface area contributed by atoms with Gasteiger partial charge in [0, 0.05) is 18.4 Å². The molecule has 1 aliphatic rings.